The van der Waals surface area contributed by atoms with Crippen molar-refractivity contribution in [3.8, 4) is 18.1 Å². The van der Waals surface area contributed by atoms with Crippen molar-refractivity contribution in [2.24, 2.45) is 4.99 Å². The van der Waals surface area contributed by atoms with Gasteiger partial charge in [0.25, 0.3) is 0 Å². The number of hydrogen-bond acceptors (Lipinski definition) is 2. The lowest BCUT2D eigenvalue weighted by atomic mass is 10.2. The van der Waals surface area contributed by atoms with Gasteiger partial charge in [0.2, 0.25) is 0 Å². The van der Waals surface area contributed by atoms with Gasteiger partial charge in [-0.25, -0.2) is 0 Å². The zero-order chi connectivity index (χ0) is 9.68. The van der Waals surface area contributed by atoms with Crippen molar-refractivity contribution in [1.82, 2.24) is 0 Å². The highest BCUT2D eigenvalue weighted by atomic mass is 35.5. The topological polar surface area (TPSA) is 32.6 Å². The third-order valence-corrected chi connectivity index (χ3v) is 1.64. The summed E-state index contributed by atoms with van der Waals surface area (Å²) in [4.78, 5) is 3.89. The number of aromatic hydroxyl groups is 1. The van der Waals surface area contributed by atoms with Crippen LogP contribution in [0.25, 0.3) is 0 Å². The third kappa shape index (κ3) is 2.81. The fraction of sp³-hybridized carbons (Fsp3) is 0.100. The number of nitrogens with zero attached hydrogens (tertiary/aromatic N) is 1. The van der Waals surface area contributed by atoms with E-state index in [0.717, 1.165) is 0 Å². The number of phenolic OH excluding ortho intramolecular Hbond substituents is 1. The van der Waals surface area contributed by atoms with Crippen molar-refractivity contribution in [2.45, 2.75) is 0 Å². The van der Waals surface area contributed by atoms with Crippen molar-refractivity contribution < 1.29 is 5.11 Å². The molecule has 3 heteroatoms. The van der Waals surface area contributed by atoms with Crippen LogP contribution in [0.5, 0.6) is 5.75 Å². The molecule has 0 heterocycles. The number of hydrogen-bond donors (Lipinski definition) is 1. The summed E-state index contributed by atoms with van der Waals surface area (Å²) in [5, 5.41) is 9.86. The van der Waals surface area contributed by atoms with E-state index in [2.05, 4.69) is 10.9 Å². The molecular formula is C10H8ClNO. The maximum atomic E-state index is 9.36. The molecule has 0 radical (unpaired) electrons. The van der Waals surface area contributed by atoms with Crippen LogP contribution in [0.1, 0.15) is 5.56 Å². The summed E-state index contributed by atoms with van der Waals surface area (Å²) in [7, 11) is 0. The fourth-order valence-corrected chi connectivity index (χ4v) is 0.989. The van der Waals surface area contributed by atoms with Gasteiger partial charge in [-0.3, -0.25) is 4.99 Å². The molecule has 0 aliphatic heterocycles. The van der Waals surface area contributed by atoms with Crippen molar-refractivity contribution in [3.05, 3.63) is 28.8 Å². The first-order chi connectivity index (χ1) is 6.24. The lowest BCUT2D eigenvalue weighted by Crippen LogP contribution is -1.83. The fourth-order valence-electron chi connectivity index (χ4n) is 0.823. The standard InChI is InChI=1S/C10H8ClNO/c1-2-5-12-7-8-3-4-9(11)6-10(8)13/h1,3-4,6-7,13H,5H2. The minimum Gasteiger partial charge on any atom is -0.507 e. The molecule has 0 unspecified atom stereocenters. The predicted octanol–water partition coefficient (Wildman–Crippen LogP) is 2.10. The van der Waals surface area contributed by atoms with Crippen molar-refractivity contribution in [3.63, 3.8) is 0 Å². The van der Waals surface area contributed by atoms with Crippen LogP contribution in [0.4, 0.5) is 0 Å². The molecule has 1 N–H and O–H groups in total. The smallest absolute Gasteiger partial charge is 0.125 e. The molecular weight excluding hydrogens is 186 g/mol. The average molecular weight is 194 g/mol. The Labute approximate surface area is 81.9 Å². The largest absolute Gasteiger partial charge is 0.507 e. The number of benzene rings is 1. The van der Waals surface area contributed by atoms with Gasteiger partial charge in [-0.2, -0.15) is 0 Å². The van der Waals surface area contributed by atoms with E-state index >= 15 is 0 Å². The number of halogens is 1. The number of terminal acetylenes is 1. The second kappa shape index (κ2) is 4.54. The van der Waals surface area contributed by atoms with Crippen molar-refractivity contribution >= 4 is 17.8 Å². The van der Waals surface area contributed by atoms with Crippen LogP contribution in [-0.2, 0) is 0 Å². The van der Waals surface area contributed by atoms with Gasteiger partial charge in [0, 0.05) is 16.8 Å². The lowest BCUT2D eigenvalue weighted by molar-refractivity contribution is 0.474. The van der Waals surface area contributed by atoms with Crippen LogP contribution in [0, 0.1) is 12.3 Å². The maximum Gasteiger partial charge on any atom is 0.125 e. The summed E-state index contributed by atoms with van der Waals surface area (Å²) < 4.78 is 0. The molecule has 0 aliphatic carbocycles. The number of phenols is 1. The van der Waals surface area contributed by atoms with Gasteiger partial charge >= 0.3 is 0 Å². The Kier molecular flexibility index (Phi) is 3.36. The molecule has 2 nitrogen and oxygen atoms in total. The summed E-state index contributed by atoms with van der Waals surface area (Å²) in [5.41, 5.74) is 0.611. The summed E-state index contributed by atoms with van der Waals surface area (Å²) in [6.07, 6.45) is 6.53. The molecule has 0 spiro atoms. The highest BCUT2D eigenvalue weighted by Gasteiger charge is 1.97. The zero-order valence-corrected chi connectivity index (χ0v) is 7.62. The van der Waals surface area contributed by atoms with Gasteiger partial charge in [-0.15, -0.1) is 6.42 Å². The Bertz CT molecular complexity index is 366. The molecule has 0 aromatic heterocycles. The van der Waals surface area contributed by atoms with E-state index in [0.29, 0.717) is 17.1 Å². The Balaban J connectivity index is 2.85. The quantitative estimate of drug-likeness (QED) is 0.566. The van der Waals surface area contributed by atoms with Crippen LogP contribution in [0.15, 0.2) is 23.2 Å². The van der Waals surface area contributed by atoms with E-state index in [1.165, 1.54) is 12.3 Å². The Morgan fingerprint density at radius 2 is 2.38 bits per heavy atom. The van der Waals surface area contributed by atoms with Crippen molar-refractivity contribution in [1.29, 1.82) is 0 Å². The first kappa shape index (κ1) is 9.63. The Morgan fingerprint density at radius 1 is 1.62 bits per heavy atom. The van der Waals surface area contributed by atoms with Gasteiger partial charge in [0.05, 0.1) is 6.54 Å². The normalized spacial score (nSPS) is 10.2. The molecule has 1 aromatic rings. The minimum absolute atomic E-state index is 0.105. The van der Waals surface area contributed by atoms with E-state index in [1.807, 2.05) is 0 Å². The van der Waals surface area contributed by atoms with Crippen LogP contribution >= 0.6 is 11.6 Å². The highest BCUT2D eigenvalue weighted by Crippen LogP contribution is 2.19. The molecule has 0 bridgehead atoms. The molecule has 1 rings (SSSR count). The monoisotopic (exact) mass is 193 g/mol. The van der Waals surface area contributed by atoms with E-state index in [9.17, 15) is 5.11 Å². The SMILES string of the molecule is C#CCN=Cc1ccc(Cl)cc1O. The van der Waals surface area contributed by atoms with Crippen molar-refractivity contribution in [2.75, 3.05) is 6.54 Å². The molecule has 0 aliphatic rings. The van der Waals surface area contributed by atoms with Crippen LogP contribution in [-0.4, -0.2) is 17.9 Å². The van der Waals surface area contributed by atoms with Gasteiger partial charge in [0.1, 0.15) is 5.75 Å². The summed E-state index contributed by atoms with van der Waals surface area (Å²) in [6, 6.07) is 4.81. The number of rotatable bonds is 2. The first-order valence-electron chi connectivity index (χ1n) is 3.66. The molecule has 0 fully saturated rings. The molecule has 0 amide bonds. The first-order valence-corrected chi connectivity index (χ1v) is 4.03. The van der Waals surface area contributed by atoms with E-state index in [4.69, 9.17) is 18.0 Å². The van der Waals surface area contributed by atoms with Gasteiger partial charge in [-0.1, -0.05) is 17.5 Å². The van der Waals surface area contributed by atoms with Crippen LogP contribution < -0.4 is 0 Å². The van der Waals surface area contributed by atoms with Gasteiger partial charge < -0.3 is 5.11 Å². The number of aliphatic imine (C=N–C) groups is 1. The molecule has 66 valence electrons. The predicted molar refractivity (Wildman–Crippen MR) is 54.4 cm³/mol. The van der Waals surface area contributed by atoms with E-state index in [1.54, 1.807) is 12.1 Å². The molecule has 0 saturated heterocycles. The van der Waals surface area contributed by atoms with E-state index < -0.39 is 0 Å². The Hall–Kier alpha value is -1.46. The second-order valence-corrected chi connectivity index (χ2v) is 2.81. The minimum atomic E-state index is 0.105. The third-order valence-electron chi connectivity index (χ3n) is 1.41. The summed E-state index contributed by atoms with van der Waals surface area (Å²) in [5.74, 6) is 2.47. The molecule has 1 aromatic carbocycles. The average Bonchev–Trinajstić information content (AvgIpc) is 2.09. The molecule has 0 saturated carbocycles. The van der Waals surface area contributed by atoms with Crippen LogP contribution in [0.2, 0.25) is 5.02 Å². The zero-order valence-electron chi connectivity index (χ0n) is 6.87. The van der Waals surface area contributed by atoms with Gasteiger partial charge in [0.15, 0.2) is 0 Å². The molecule has 0 atom stereocenters. The lowest BCUT2D eigenvalue weighted by Gasteiger charge is -1.97. The molecule has 13 heavy (non-hydrogen) atoms. The van der Waals surface area contributed by atoms with Gasteiger partial charge in [-0.05, 0) is 18.2 Å². The second-order valence-electron chi connectivity index (χ2n) is 2.38. The summed E-state index contributed by atoms with van der Waals surface area (Å²) >= 11 is 5.64. The Morgan fingerprint density at radius 3 is 3.00 bits per heavy atom. The van der Waals surface area contributed by atoms with Crippen LogP contribution in [0.3, 0.4) is 0 Å². The highest BCUT2D eigenvalue weighted by molar-refractivity contribution is 6.30. The van der Waals surface area contributed by atoms with E-state index in [-0.39, 0.29) is 5.75 Å². The summed E-state index contributed by atoms with van der Waals surface area (Å²) in [6.45, 7) is 0.308. The maximum absolute atomic E-state index is 9.36.